The molecule has 0 atom stereocenters. The maximum Gasteiger partial charge on any atom is 0.257 e. The molecule has 1 N–H and O–H groups in total. The van der Waals surface area contributed by atoms with Crippen LogP contribution in [0.3, 0.4) is 0 Å². The van der Waals surface area contributed by atoms with Crippen LogP contribution in [0, 0.1) is 11.6 Å². The molecule has 0 fully saturated rings. The smallest absolute Gasteiger partial charge is 0.257 e. The molecule has 0 saturated carbocycles. The van der Waals surface area contributed by atoms with Crippen molar-refractivity contribution < 1.29 is 13.6 Å². The first-order chi connectivity index (χ1) is 11.5. The lowest BCUT2D eigenvalue weighted by atomic mass is 10.0. The number of rotatable bonds is 7. The van der Waals surface area contributed by atoms with Gasteiger partial charge >= 0.3 is 0 Å². The van der Waals surface area contributed by atoms with Gasteiger partial charge in [0.2, 0.25) is 0 Å². The van der Waals surface area contributed by atoms with E-state index >= 15 is 0 Å². The topological polar surface area (TPSA) is 29.1 Å². The third-order valence-corrected chi connectivity index (χ3v) is 4.25. The predicted molar refractivity (Wildman–Crippen MR) is 93.6 cm³/mol. The number of carbonyl (C=O) groups is 1. The molecular formula is C19H20ClF2NO. The summed E-state index contributed by atoms with van der Waals surface area (Å²) in [6.07, 6.45) is 5.24. The van der Waals surface area contributed by atoms with Crippen molar-refractivity contribution in [1.82, 2.24) is 0 Å². The molecule has 24 heavy (non-hydrogen) atoms. The highest BCUT2D eigenvalue weighted by atomic mass is 35.5. The molecule has 0 heterocycles. The SMILES string of the molecule is CCCCCCc1cccc(C(=O)Nc2ccc(F)cc2F)c1Cl. The number of hydrogen-bond acceptors (Lipinski definition) is 1. The molecule has 128 valence electrons. The van der Waals surface area contributed by atoms with Gasteiger partial charge in [0.05, 0.1) is 16.3 Å². The summed E-state index contributed by atoms with van der Waals surface area (Å²) in [6, 6.07) is 8.24. The summed E-state index contributed by atoms with van der Waals surface area (Å²) < 4.78 is 26.6. The zero-order valence-electron chi connectivity index (χ0n) is 13.5. The van der Waals surface area contributed by atoms with E-state index in [-0.39, 0.29) is 11.3 Å². The Morgan fingerprint density at radius 2 is 1.92 bits per heavy atom. The van der Waals surface area contributed by atoms with Crippen molar-refractivity contribution in [2.75, 3.05) is 5.32 Å². The summed E-state index contributed by atoms with van der Waals surface area (Å²) in [5, 5.41) is 2.82. The van der Waals surface area contributed by atoms with Crippen LogP contribution in [0.15, 0.2) is 36.4 Å². The molecule has 2 nitrogen and oxygen atoms in total. The zero-order valence-corrected chi connectivity index (χ0v) is 14.3. The number of benzene rings is 2. The van der Waals surface area contributed by atoms with Crippen LogP contribution in [0.2, 0.25) is 5.02 Å². The Hall–Kier alpha value is -1.94. The van der Waals surface area contributed by atoms with Crippen molar-refractivity contribution in [2.24, 2.45) is 0 Å². The summed E-state index contributed by atoms with van der Waals surface area (Å²) in [6.45, 7) is 2.15. The number of nitrogens with one attached hydrogen (secondary N) is 1. The lowest BCUT2D eigenvalue weighted by molar-refractivity contribution is 0.102. The molecular weight excluding hydrogens is 332 g/mol. The molecule has 2 aromatic rings. The maximum absolute atomic E-state index is 13.7. The third-order valence-electron chi connectivity index (χ3n) is 3.80. The quantitative estimate of drug-likeness (QED) is 0.609. The largest absolute Gasteiger partial charge is 0.319 e. The van der Waals surface area contributed by atoms with Gasteiger partial charge in [-0.05, 0) is 36.6 Å². The number of anilines is 1. The predicted octanol–water partition coefficient (Wildman–Crippen LogP) is 5.99. The standard InChI is InChI=1S/C19H20ClF2NO/c1-2-3-4-5-7-13-8-6-9-15(18(13)20)19(24)23-17-11-10-14(21)12-16(17)22/h6,8-12H,2-5,7H2,1H3,(H,23,24). The molecule has 0 spiro atoms. The average molecular weight is 352 g/mol. The normalized spacial score (nSPS) is 10.7. The van der Waals surface area contributed by atoms with Crippen molar-refractivity contribution >= 4 is 23.2 Å². The van der Waals surface area contributed by atoms with E-state index < -0.39 is 17.5 Å². The van der Waals surface area contributed by atoms with E-state index in [0.29, 0.717) is 5.02 Å². The van der Waals surface area contributed by atoms with Gasteiger partial charge in [-0.15, -0.1) is 0 Å². The molecule has 1 amide bonds. The van der Waals surface area contributed by atoms with Gasteiger partial charge in [0.1, 0.15) is 11.6 Å². The average Bonchev–Trinajstić information content (AvgIpc) is 2.55. The Morgan fingerprint density at radius 3 is 2.62 bits per heavy atom. The first-order valence-corrected chi connectivity index (χ1v) is 8.44. The van der Waals surface area contributed by atoms with Gasteiger partial charge in [-0.3, -0.25) is 4.79 Å². The second-order valence-electron chi connectivity index (χ2n) is 5.67. The molecule has 0 aliphatic rings. The number of hydrogen-bond donors (Lipinski definition) is 1. The van der Waals surface area contributed by atoms with Crippen LogP contribution in [0.4, 0.5) is 14.5 Å². The fourth-order valence-electron chi connectivity index (χ4n) is 2.47. The van der Waals surface area contributed by atoms with Gasteiger partial charge in [-0.1, -0.05) is 49.9 Å². The van der Waals surface area contributed by atoms with E-state index in [9.17, 15) is 13.6 Å². The van der Waals surface area contributed by atoms with Crippen LogP contribution >= 0.6 is 11.6 Å². The Kier molecular flexibility index (Phi) is 6.73. The zero-order chi connectivity index (χ0) is 17.5. The molecule has 0 aliphatic heterocycles. The summed E-state index contributed by atoms with van der Waals surface area (Å²) in [5.41, 5.74) is 1.11. The maximum atomic E-state index is 13.7. The minimum Gasteiger partial charge on any atom is -0.319 e. The van der Waals surface area contributed by atoms with Crippen LogP contribution in [0.25, 0.3) is 0 Å². The Labute approximate surface area is 145 Å². The molecule has 5 heteroatoms. The number of halogens is 3. The minimum atomic E-state index is -0.824. The van der Waals surface area contributed by atoms with Gasteiger partial charge in [-0.25, -0.2) is 8.78 Å². The highest BCUT2D eigenvalue weighted by Crippen LogP contribution is 2.25. The lowest BCUT2D eigenvalue weighted by Crippen LogP contribution is -2.14. The van der Waals surface area contributed by atoms with E-state index in [4.69, 9.17) is 11.6 Å². The molecule has 0 aromatic heterocycles. The molecule has 2 rings (SSSR count). The van der Waals surface area contributed by atoms with E-state index in [2.05, 4.69) is 12.2 Å². The van der Waals surface area contributed by atoms with E-state index in [1.165, 1.54) is 12.5 Å². The van der Waals surface area contributed by atoms with E-state index in [0.717, 1.165) is 43.4 Å². The van der Waals surface area contributed by atoms with Crippen LogP contribution < -0.4 is 5.32 Å². The van der Waals surface area contributed by atoms with Crippen LogP contribution in [-0.4, -0.2) is 5.91 Å². The number of unbranched alkanes of at least 4 members (excludes halogenated alkanes) is 3. The molecule has 0 saturated heterocycles. The number of amides is 1. The molecule has 0 aliphatic carbocycles. The second kappa shape index (κ2) is 8.78. The first-order valence-electron chi connectivity index (χ1n) is 8.06. The summed E-state index contributed by atoms with van der Waals surface area (Å²) in [5.74, 6) is -2.03. The van der Waals surface area contributed by atoms with Gasteiger partial charge in [0.15, 0.2) is 0 Å². The second-order valence-corrected chi connectivity index (χ2v) is 6.05. The molecule has 0 unspecified atom stereocenters. The molecule has 2 aromatic carbocycles. The Morgan fingerprint density at radius 1 is 1.12 bits per heavy atom. The lowest BCUT2D eigenvalue weighted by Gasteiger charge is -2.11. The Bertz CT molecular complexity index is 719. The van der Waals surface area contributed by atoms with Crippen molar-refractivity contribution in [3.05, 3.63) is 64.2 Å². The number of carbonyl (C=O) groups excluding carboxylic acids is 1. The summed E-state index contributed by atoms with van der Waals surface area (Å²) in [7, 11) is 0. The van der Waals surface area contributed by atoms with Crippen LogP contribution in [-0.2, 0) is 6.42 Å². The minimum absolute atomic E-state index is 0.0779. The highest BCUT2D eigenvalue weighted by molar-refractivity contribution is 6.35. The summed E-state index contributed by atoms with van der Waals surface area (Å²) >= 11 is 6.33. The fourth-order valence-corrected chi connectivity index (χ4v) is 2.78. The van der Waals surface area contributed by atoms with Crippen molar-refractivity contribution in [3.63, 3.8) is 0 Å². The van der Waals surface area contributed by atoms with Crippen molar-refractivity contribution in [2.45, 2.75) is 39.0 Å². The van der Waals surface area contributed by atoms with Gasteiger partial charge in [0, 0.05) is 6.07 Å². The van der Waals surface area contributed by atoms with E-state index in [1.54, 1.807) is 12.1 Å². The van der Waals surface area contributed by atoms with Gasteiger partial charge in [0.25, 0.3) is 5.91 Å². The molecule has 0 radical (unpaired) electrons. The Balaban J connectivity index is 2.11. The fraction of sp³-hybridized carbons (Fsp3) is 0.316. The van der Waals surface area contributed by atoms with Gasteiger partial charge in [-0.2, -0.15) is 0 Å². The summed E-state index contributed by atoms with van der Waals surface area (Å²) in [4.78, 5) is 12.3. The monoisotopic (exact) mass is 351 g/mol. The van der Waals surface area contributed by atoms with Gasteiger partial charge < -0.3 is 5.32 Å². The van der Waals surface area contributed by atoms with Crippen LogP contribution in [0.1, 0.15) is 48.5 Å². The number of aryl methyl sites for hydroxylation is 1. The first kappa shape index (κ1) is 18.4. The highest BCUT2D eigenvalue weighted by Gasteiger charge is 2.15. The third kappa shape index (κ3) is 4.78. The van der Waals surface area contributed by atoms with Crippen LogP contribution in [0.5, 0.6) is 0 Å². The van der Waals surface area contributed by atoms with Crippen molar-refractivity contribution in [3.8, 4) is 0 Å². The van der Waals surface area contributed by atoms with E-state index in [1.807, 2.05) is 6.07 Å². The van der Waals surface area contributed by atoms with Crippen molar-refractivity contribution in [1.29, 1.82) is 0 Å². The molecule has 0 bridgehead atoms.